The monoisotopic (exact) mass is 233 g/mol. The van der Waals surface area contributed by atoms with Crippen molar-refractivity contribution >= 4 is 12.4 Å². The van der Waals surface area contributed by atoms with E-state index in [4.69, 9.17) is 0 Å². The molecular formula is C11H24ClN3. The predicted molar refractivity (Wildman–Crippen MR) is 66.7 cm³/mol. The molecule has 90 valence electrons. The van der Waals surface area contributed by atoms with Gasteiger partial charge >= 0.3 is 0 Å². The molecule has 3 nitrogen and oxygen atoms in total. The minimum absolute atomic E-state index is 0. The summed E-state index contributed by atoms with van der Waals surface area (Å²) in [4.78, 5) is 2.62. The molecule has 2 saturated heterocycles. The molecule has 0 bridgehead atoms. The van der Waals surface area contributed by atoms with E-state index in [1.807, 2.05) is 0 Å². The fraction of sp³-hybridized carbons (Fsp3) is 1.00. The number of likely N-dealkylation sites (N-methyl/N-ethyl adjacent to an activating group) is 1. The van der Waals surface area contributed by atoms with Crippen LogP contribution in [0, 0.1) is 5.41 Å². The predicted octanol–water partition coefficient (Wildman–Crippen LogP) is 0.701. The van der Waals surface area contributed by atoms with Crippen molar-refractivity contribution < 1.29 is 0 Å². The van der Waals surface area contributed by atoms with Crippen LogP contribution in [0.15, 0.2) is 0 Å². The summed E-state index contributed by atoms with van der Waals surface area (Å²) in [5, 5.41) is 6.84. The highest BCUT2D eigenvalue weighted by molar-refractivity contribution is 5.85. The van der Waals surface area contributed by atoms with Crippen molar-refractivity contribution in [1.82, 2.24) is 15.5 Å². The molecule has 0 saturated carbocycles. The van der Waals surface area contributed by atoms with Crippen LogP contribution >= 0.6 is 12.4 Å². The van der Waals surface area contributed by atoms with Gasteiger partial charge in [-0.05, 0) is 38.4 Å². The van der Waals surface area contributed by atoms with E-state index in [-0.39, 0.29) is 12.4 Å². The lowest BCUT2D eigenvalue weighted by Gasteiger charge is -2.29. The van der Waals surface area contributed by atoms with E-state index in [0.717, 1.165) is 6.04 Å². The van der Waals surface area contributed by atoms with Gasteiger partial charge in [0, 0.05) is 25.7 Å². The standard InChI is InChI=1S/C11H23N3.ClH/c1-11(4-5-13-8-11)9-14-6-3-10(7-14)12-2;/h10,12-13H,3-9H2,1-2H3;1H. The van der Waals surface area contributed by atoms with Gasteiger partial charge in [-0.25, -0.2) is 0 Å². The van der Waals surface area contributed by atoms with Crippen LogP contribution in [0.2, 0.25) is 0 Å². The lowest BCUT2D eigenvalue weighted by molar-refractivity contribution is 0.206. The van der Waals surface area contributed by atoms with Crippen LogP contribution in [0.3, 0.4) is 0 Å². The van der Waals surface area contributed by atoms with Crippen molar-refractivity contribution in [2.75, 3.05) is 39.8 Å². The lowest BCUT2D eigenvalue weighted by atomic mass is 9.89. The van der Waals surface area contributed by atoms with Crippen molar-refractivity contribution in [2.24, 2.45) is 5.41 Å². The molecule has 2 fully saturated rings. The normalized spacial score (nSPS) is 36.8. The van der Waals surface area contributed by atoms with E-state index in [9.17, 15) is 0 Å². The summed E-state index contributed by atoms with van der Waals surface area (Å²) in [6.45, 7) is 8.62. The SMILES string of the molecule is CNC1CCN(CC2(C)CCNC2)C1.Cl. The Bertz CT molecular complexity index is 192. The number of nitrogens with one attached hydrogen (secondary N) is 2. The highest BCUT2D eigenvalue weighted by Crippen LogP contribution is 2.27. The van der Waals surface area contributed by atoms with Crippen LogP contribution < -0.4 is 10.6 Å². The van der Waals surface area contributed by atoms with Gasteiger partial charge < -0.3 is 15.5 Å². The van der Waals surface area contributed by atoms with Crippen LogP contribution in [-0.4, -0.2) is 50.7 Å². The first kappa shape index (κ1) is 13.2. The minimum atomic E-state index is 0. The zero-order valence-corrected chi connectivity index (χ0v) is 10.7. The smallest absolute Gasteiger partial charge is 0.0204 e. The summed E-state index contributed by atoms with van der Waals surface area (Å²) in [6.07, 6.45) is 2.66. The first-order valence-corrected chi connectivity index (χ1v) is 5.82. The summed E-state index contributed by atoms with van der Waals surface area (Å²) in [7, 11) is 2.08. The van der Waals surface area contributed by atoms with Crippen molar-refractivity contribution in [3.05, 3.63) is 0 Å². The van der Waals surface area contributed by atoms with E-state index >= 15 is 0 Å². The number of rotatable bonds is 3. The van der Waals surface area contributed by atoms with Gasteiger partial charge in [0.1, 0.15) is 0 Å². The molecule has 2 unspecified atom stereocenters. The maximum Gasteiger partial charge on any atom is 0.0204 e. The Labute approximate surface area is 99.4 Å². The molecule has 0 aliphatic carbocycles. The molecular weight excluding hydrogens is 210 g/mol. The third-order valence-electron chi connectivity index (χ3n) is 3.74. The molecule has 4 heteroatoms. The number of likely N-dealkylation sites (tertiary alicyclic amines) is 1. The third-order valence-corrected chi connectivity index (χ3v) is 3.74. The summed E-state index contributed by atoms with van der Waals surface area (Å²) < 4.78 is 0. The van der Waals surface area contributed by atoms with Gasteiger partial charge in [-0.1, -0.05) is 6.92 Å². The van der Waals surface area contributed by atoms with Gasteiger partial charge in [0.25, 0.3) is 0 Å². The summed E-state index contributed by atoms with van der Waals surface area (Å²) in [5.41, 5.74) is 0.530. The van der Waals surface area contributed by atoms with Crippen molar-refractivity contribution in [3.63, 3.8) is 0 Å². The summed E-state index contributed by atoms with van der Waals surface area (Å²) >= 11 is 0. The molecule has 2 heterocycles. The Balaban J connectivity index is 0.00000112. The van der Waals surface area contributed by atoms with E-state index in [2.05, 4.69) is 29.5 Å². The van der Waals surface area contributed by atoms with Gasteiger partial charge in [-0.2, -0.15) is 0 Å². The van der Waals surface area contributed by atoms with E-state index in [1.54, 1.807) is 0 Å². The van der Waals surface area contributed by atoms with E-state index in [1.165, 1.54) is 45.6 Å². The molecule has 0 amide bonds. The van der Waals surface area contributed by atoms with Gasteiger partial charge in [0.2, 0.25) is 0 Å². The number of nitrogens with zero attached hydrogens (tertiary/aromatic N) is 1. The fourth-order valence-corrected chi connectivity index (χ4v) is 2.76. The average Bonchev–Trinajstić information content (AvgIpc) is 2.75. The first-order chi connectivity index (χ1) is 6.72. The molecule has 2 rings (SSSR count). The van der Waals surface area contributed by atoms with Crippen LogP contribution in [-0.2, 0) is 0 Å². The van der Waals surface area contributed by atoms with Crippen LogP contribution in [0.25, 0.3) is 0 Å². The molecule has 2 aliphatic heterocycles. The van der Waals surface area contributed by atoms with Crippen LogP contribution in [0.4, 0.5) is 0 Å². The summed E-state index contributed by atoms with van der Waals surface area (Å²) in [5.74, 6) is 0. The second-order valence-corrected chi connectivity index (χ2v) is 5.25. The van der Waals surface area contributed by atoms with Crippen LogP contribution in [0.5, 0.6) is 0 Å². The van der Waals surface area contributed by atoms with Gasteiger partial charge in [-0.15, -0.1) is 12.4 Å². The Morgan fingerprint density at radius 1 is 1.53 bits per heavy atom. The van der Waals surface area contributed by atoms with Gasteiger partial charge in [0.15, 0.2) is 0 Å². The van der Waals surface area contributed by atoms with Crippen LogP contribution in [0.1, 0.15) is 19.8 Å². The molecule has 0 aromatic rings. The maximum absolute atomic E-state index is 3.47. The first-order valence-electron chi connectivity index (χ1n) is 5.82. The van der Waals surface area contributed by atoms with Crippen molar-refractivity contribution in [3.8, 4) is 0 Å². The maximum atomic E-state index is 3.47. The molecule has 0 aromatic heterocycles. The van der Waals surface area contributed by atoms with Crippen molar-refractivity contribution in [2.45, 2.75) is 25.8 Å². The molecule has 0 aromatic carbocycles. The Morgan fingerprint density at radius 3 is 2.87 bits per heavy atom. The Hall–Kier alpha value is 0.170. The zero-order valence-electron chi connectivity index (χ0n) is 9.88. The Morgan fingerprint density at radius 2 is 2.33 bits per heavy atom. The number of hydrogen-bond donors (Lipinski definition) is 2. The molecule has 2 aliphatic rings. The van der Waals surface area contributed by atoms with E-state index in [0.29, 0.717) is 5.41 Å². The lowest BCUT2D eigenvalue weighted by Crippen LogP contribution is -2.38. The quantitative estimate of drug-likeness (QED) is 0.752. The third kappa shape index (κ3) is 3.31. The largest absolute Gasteiger partial charge is 0.316 e. The second-order valence-electron chi connectivity index (χ2n) is 5.25. The molecule has 0 spiro atoms. The topological polar surface area (TPSA) is 27.3 Å². The fourth-order valence-electron chi connectivity index (χ4n) is 2.76. The zero-order chi connectivity index (χ0) is 10.0. The highest BCUT2D eigenvalue weighted by atomic mass is 35.5. The minimum Gasteiger partial charge on any atom is -0.316 e. The highest BCUT2D eigenvalue weighted by Gasteiger charge is 2.32. The average molecular weight is 234 g/mol. The van der Waals surface area contributed by atoms with E-state index < -0.39 is 0 Å². The second kappa shape index (κ2) is 5.48. The Kier molecular flexibility index (Phi) is 4.84. The number of hydrogen-bond acceptors (Lipinski definition) is 3. The van der Waals surface area contributed by atoms with Gasteiger partial charge in [-0.3, -0.25) is 0 Å². The summed E-state index contributed by atoms with van der Waals surface area (Å²) in [6, 6.07) is 0.730. The molecule has 0 radical (unpaired) electrons. The van der Waals surface area contributed by atoms with Gasteiger partial charge in [0.05, 0.1) is 0 Å². The number of halogens is 1. The molecule has 15 heavy (non-hydrogen) atoms. The van der Waals surface area contributed by atoms with Crippen molar-refractivity contribution in [1.29, 1.82) is 0 Å². The molecule has 2 atom stereocenters. The molecule has 2 N–H and O–H groups in total.